The highest BCUT2D eigenvalue weighted by Gasteiger charge is 2.20. The number of pyridine rings is 1. The predicted octanol–water partition coefficient (Wildman–Crippen LogP) is 5.14. The molecule has 0 unspecified atom stereocenters. The van der Waals surface area contributed by atoms with E-state index in [1.54, 1.807) is 42.3 Å². The van der Waals surface area contributed by atoms with Gasteiger partial charge in [-0.2, -0.15) is 4.73 Å². The first-order valence-corrected chi connectivity index (χ1v) is 17.5. The third-order valence-corrected chi connectivity index (χ3v) is 8.71. The number of rotatable bonds is 16. The molecule has 230 valence electrons. The number of aromatic nitrogens is 3. The van der Waals surface area contributed by atoms with E-state index in [4.69, 9.17) is 20.3 Å². The fourth-order valence-electron chi connectivity index (χ4n) is 4.74. The number of carbonyl (C=O) groups excluding carboxylic acids is 2. The van der Waals surface area contributed by atoms with Gasteiger partial charge >= 0.3 is 0 Å². The minimum absolute atomic E-state index is 0.0133. The highest BCUT2D eigenvalue weighted by Crippen LogP contribution is 2.36. The predicted molar refractivity (Wildman–Crippen MR) is 172 cm³/mol. The lowest BCUT2D eigenvalue weighted by molar-refractivity contribution is -0.121. The molecule has 3 N–H and O–H groups in total. The second kappa shape index (κ2) is 14.5. The number of ether oxygens (including phenoxy) is 1. The van der Waals surface area contributed by atoms with Gasteiger partial charge in [0.05, 0.1) is 12.1 Å². The van der Waals surface area contributed by atoms with Crippen molar-refractivity contribution in [2.24, 2.45) is 0 Å². The number of Topliss-reactive ketones (excluding diaryl/α,β-unsaturated/α-hetero) is 1. The molecule has 0 bridgehead atoms. The zero-order valence-corrected chi connectivity index (χ0v) is 26.4. The Bertz CT molecular complexity index is 1630. The molecule has 0 saturated heterocycles. The Balaban J connectivity index is 1.29. The fraction of sp³-hybridized carbons (Fsp3) is 0.438. The van der Waals surface area contributed by atoms with E-state index < -0.39 is 7.14 Å². The summed E-state index contributed by atoms with van der Waals surface area (Å²) in [6.07, 6.45) is 5.19. The molecule has 10 nitrogen and oxygen atoms in total. The number of aryl methyl sites for hydroxylation is 1. The monoisotopic (exact) mass is 607 g/mol. The van der Waals surface area contributed by atoms with Gasteiger partial charge in [0.15, 0.2) is 11.6 Å². The van der Waals surface area contributed by atoms with Crippen molar-refractivity contribution in [3.8, 4) is 5.75 Å². The van der Waals surface area contributed by atoms with Crippen LogP contribution in [0.4, 0.5) is 5.82 Å². The number of ketones is 1. The van der Waals surface area contributed by atoms with Crippen molar-refractivity contribution >= 4 is 51.9 Å². The number of anilines is 1. The van der Waals surface area contributed by atoms with Crippen molar-refractivity contribution in [2.45, 2.75) is 58.8 Å². The second-order valence-corrected chi connectivity index (χ2v) is 14.3. The zero-order valence-electron chi connectivity index (χ0n) is 25.5. The average molecular weight is 608 g/mol. The molecular formula is C32H42N5O5P. The summed E-state index contributed by atoms with van der Waals surface area (Å²) in [5.74, 6) is 1.79. The maximum Gasteiger partial charge on any atom is 0.220 e. The second-order valence-electron chi connectivity index (χ2n) is 11.1. The van der Waals surface area contributed by atoms with E-state index in [9.17, 15) is 14.2 Å². The van der Waals surface area contributed by atoms with Gasteiger partial charge in [-0.25, -0.2) is 9.97 Å². The number of nitrogens with one attached hydrogen (secondary N) is 1. The van der Waals surface area contributed by atoms with Crippen molar-refractivity contribution in [2.75, 3.05) is 38.8 Å². The Labute approximate surface area is 252 Å². The Morgan fingerprint density at radius 2 is 1.77 bits per heavy atom. The number of carbonyl (C=O) groups is 2. The molecule has 43 heavy (non-hydrogen) atoms. The Morgan fingerprint density at radius 1 is 1.00 bits per heavy atom. The SMILES string of the molecule is CCCCc1nc2c(N)nc3cc(P(C)(C)=O)ccc3c2n1OCCCCNC(=O)CCCOc1ccc(C(C)=O)cc1. The van der Waals surface area contributed by atoms with Crippen LogP contribution in [-0.2, 0) is 15.8 Å². The maximum absolute atomic E-state index is 12.7. The first-order chi connectivity index (χ1) is 20.6. The van der Waals surface area contributed by atoms with Gasteiger partial charge < -0.3 is 25.2 Å². The van der Waals surface area contributed by atoms with Crippen molar-refractivity contribution in [3.05, 3.63) is 53.9 Å². The first-order valence-electron chi connectivity index (χ1n) is 14.9. The molecule has 2 heterocycles. The van der Waals surface area contributed by atoms with E-state index in [1.807, 2.05) is 18.2 Å². The summed E-state index contributed by atoms with van der Waals surface area (Å²) < 4.78 is 20.1. The van der Waals surface area contributed by atoms with Crippen LogP contribution in [0.3, 0.4) is 0 Å². The van der Waals surface area contributed by atoms with Crippen LogP contribution in [0.5, 0.6) is 5.75 Å². The topological polar surface area (TPSA) is 138 Å². The maximum atomic E-state index is 12.7. The largest absolute Gasteiger partial charge is 0.494 e. The molecule has 4 rings (SSSR count). The number of amides is 1. The number of hydrogen-bond donors (Lipinski definition) is 2. The average Bonchev–Trinajstić information content (AvgIpc) is 3.34. The highest BCUT2D eigenvalue weighted by atomic mass is 31.2. The number of benzene rings is 2. The van der Waals surface area contributed by atoms with Gasteiger partial charge in [-0.15, -0.1) is 0 Å². The van der Waals surface area contributed by atoms with Crippen molar-refractivity contribution in [3.63, 3.8) is 0 Å². The third-order valence-electron chi connectivity index (χ3n) is 7.19. The van der Waals surface area contributed by atoms with Crippen LogP contribution < -0.4 is 25.9 Å². The van der Waals surface area contributed by atoms with Gasteiger partial charge in [-0.1, -0.05) is 19.4 Å². The summed E-state index contributed by atoms with van der Waals surface area (Å²) in [6.45, 7) is 8.55. The van der Waals surface area contributed by atoms with Crippen LogP contribution in [0, 0.1) is 0 Å². The smallest absolute Gasteiger partial charge is 0.220 e. The molecule has 0 saturated carbocycles. The molecule has 0 aliphatic rings. The van der Waals surface area contributed by atoms with Gasteiger partial charge in [-0.05, 0) is 82.3 Å². The van der Waals surface area contributed by atoms with E-state index in [1.165, 1.54) is 6.92 Å². The lowest BCUT2D eigenvalue weighted by Crippen LogP contribution is -2.25. The number of fused-ring (bicyclic) bond motifs is 3. The van der Waals surface area contributed by atoms with Gasteiger partial charge in [0.1, 0.15) is 36.4 Å². The molecule has 1 amide bonds. The van der Waals surface area contributed by atoms with Gasteiger partial charge in [-0.3, -0.25) is 9.59 Å². The Hall–Kier alpha value is -3.91. The lowest BCUT2D eigenvalue weighted by atomic mass is 10.1. The van der Waals surface area contributed by atoms with Crippen LogP contribution in [0.25, 0.3) is 21.9 Å². The standard InChI is InChI=1S/C32H42N5O5P/c1-5-6-10-28-36-30-31(26-17-16-25(43(3,4)40)21-27(26)35-32(30)33)37(28)42-20-8-7-18-34-29(39)11-9-19-41-24-14-12-23(13-15-24)22(2)38/h12-17,21H,5-11,18-20H2,1-4H3,(H2,33,35)(H,34,39). The fourth-order valence-corrected chi connectivity index (χ4v) is 5.60. The molecule has 11 heteroatoms. The first kappa shape index (κ1) is 32.0. The van der Waals surface area contributed by atoms with Gasteiger partial charge in [0.25, 0.3) is 0 Å². The van der Waals surface area contributed by atoms with Gasteiger partial charge in [0, 0.05) is 35.6 Å². The summed E-state index contributed by atoms with van der Waals surface area (Å²) in [6, 6.07) is 12.6. The number of hydrogen-bond acceptors (Lipinski definition) is 8. The molecule has 0 aliphatic heterocycles. The molecule has 0 aliphatic carbocycles. The van der Waals surface area contributed by atoms with Crippen LogP contribution in [0.1, 0.15) is 68.6 Å². The summed E-state index contributed by atoms with van der Waals surface area (Å²) in [5, 5.41) is 4.56. The third kappa shape index (κ3) is 8.35. The highest BCUT2D eigenvalue weighted by molar-refractivity contribution is 7.70. The summed E-state index contributed by atoms with van der Waals surface area (Å²) >= 11 is 0. The number of nitrogens with two attached hydrogens (primary N) is 1. The van der Waals surface area contributed by atoms with Crippen LogP contribution in [0.15, 0.2) is 42.5 Å². The molecule has 0 fully saturated rings. The van der Waals surface area contributed by atoms with Crippen molar-refractivity contribution in [1.29, 1.82) is 0 Å². The molecule has 0 atom stereocenters. The number of nitrogen functional groups attached to an aromatic ring is 1. The molecular weight excluding hydrogens is 565 g/mol. The number of imidazole rings is 1. The minimum Gasteiger partial charge on any atom is -0.494 e. The van der Waals surface area contributed by atoms with E-state index in [-0.39, 0.29) is 11.7 Å². The Morgan fingerprint density at radius 3 is 2.47 bits per heavy atom. The summed E-state index contributed by atoms with van der Waals surface area (Å²) in [4.78, 5) is 39.2. The molecule has 2 aromatic carbocycles. The van der Waals surface area contributed by atoms with Crippen LogP contribution in [-0.4, -0.2) is 59.5 Å². The Kier molecular flexibility index (Phi) is 10.8. The molecule has 4 aromatic rings. The summed E-state index contributed by atoms with van der Waals surface area (Å²) in [5.41, 5.74) is 9.01. The van der Waals surface area contributed by atoms with E-state index in [0.29, 0.717) is 60.8 Å². The molecule has 2 aromatic heterocycles. The minimum atomic E-state index is -2.46. The van der Waals surface area contributed by atoms with E-state index >= 15 is 0 Å². The normalized spacial score (nSPS) is 11.6. The van der Waals surface area contributed by atoms with E-state index in [2.05, 4.69) is 17.2 Å². The van der Waals surface area contributed by atoms with Crippen LogP contribution in [0.2, 0.25) is 0 Å². The van der Waals surface area contributed by atoms with Crippen molar-refractivity contribution in [1.82, 2.24) is 20.0 Å². The molecule has 0 radical (unpaired) electrons. The zero-order chi connectivity index (χ0) is 31.0. The quantitative estimate of drug-likeness (QED) is 0.101. The van der Waals surface area contributed by atoms with Crippen LogP contribution >= 0.6 is 7.14 Å². The van der Waals surface area contributed by atoms with Crippen molar-refractivity contribution < 1.29 is 23.7 Å². The number of unbranched alkanes of at least 4 members (excludes halogenated alkanes) is 2. The van der Waals surface area contributed by atoms with Gasteiger partial charge in [0.2, 0.25) is 5.91 Å². The lowest BCUT2D eigenvalue weighted by Gasteiger charge is -2.13. The summed E-state index contributed by atoms with van der Waals surface area (Å²) in [7, 11) is -2.46. The molecule has 0 spiro atoms. The van der Waals surface area contributed by atoms with E-state index in [0.717, 1.165) is 54.1 Å². The number of nitrogens with zero attached hydrogens (tertiary/aromatic N) is 3.